The zero-order valence-electron chi connectivity index (χ0n) is 15.1. The van der Waals surface area contributed by atoms with Gasteiger partial charge in [-0.1, -0.05) is 6.07 Å². The highest BCUT2D eigenvalue weighted by atomic mass is 16.6. The van der Waals surface area contributed by atoms with Gasteiger partial charge in [0.25, 0.3) is 0 Å². The predicted octanol–water partition coefficient (Wildman–Crippen LogP) is 4.03. The van der Waals surface area contributed by atoms with Gasteiger partial charge in [-0.25, -0.2) is 9.59 Å². The van der Waals surface area contributed by atoms with E-state index < -0.39 is 5.60 Å². The van der Waals surface area contributed by atoms with Crippen LogP contribution in [0.2, 0.25) is 0 Å². The molecule has 1 atom stereocenters. The van der Waals surface area contributed by atoms with E-state index in [0.717, 1.165) is 29.4 Å². The summed E-state index contributed by atoms with van der Waals surface area (Å²) in [5, 5.41) is 0.999. The molecule has 1 unspecified atom stereocenters. The normalized spacial score (nSPS) is 17.8. The lowest BCUT2D eigenvalue weighted by Crippen LogP contribution is -2.36. The number of benzene rings is 1. The molecule has 0 radical (unpaired) electrons. The Morgan fingerprint density at radius 3 is 2.68 bits per heavy atom. The Bertz CT molecular complexity index is 803. The molecule has 2 heterocycles. The summed E-state index contributed by atoms with van der Waals surface area (Å²) in [6.45, 7) is 6.29. The van der Waals surface area contributed by atoms with Crippen molar-refractivity contribution in [3.8, 4) is 0 Å². The molecule has 1 saturated heterocycles. The molecular formula is C19H24N2O4. The lowest BCUT2D eigenvalue weighted by atomic mass is 10.1. The molecule has 1 aliphatic heterocycles. The summed E-state index contributed by atoms with van der Waals surface area (Å²) in [5.74, 6) is -0.366. The number of aromatic amines is 1. The summed E-state index contributed by atoms with van der Waals surface area (Å²) in [5.41, 5.74) is 1.80. The number of ether oxygens (including phenoxy) is 2. The van der Waals surface area contributed by atoms with Crippen molar-refractivity contribution < 1.29 is 19.1 Å². The molecule has 1 amide bonds. The average Bonchev–Trinajstić information content (AvgIpc) is 3.17. The topological polar surface area (TPSA) is 71.6 Å². The number of esters is 1. The third kappa shape index (κ3) is 3.62. The van der Waals surface area contributed by atoms with Crippen molar-refractivity contribution in [1.29, 1.82) is 0 Å². The molecule has 6 nitrogen and oxygen atoms in total. The van der Waals surface area contributed by atoms with E-state index in [1.807, 2.05) is 32.9 Å². The molecule has 25 heavy (non-hydrogen) atoms. The molecule has 0 aliphatic carbocycles. The third-order valence-corrected chi connectivity index (χ3v) is 4.30. The van der Waals surface area contributed by atoms with Crippen LogP contribution in [0.5, 0.6) is 0 Å². The molecule has 1 fully saturated rings. The first kappa shape index (κ1) is 17.3. The Balaban J connectivity index is 1.87. The number of carbonyl (C=O) groups is 2. The average molecular weight is 344 g/mol. The molecule has 1 N–H and O–H groups in total. The van der Waals surface area contributed by atoms with Gasteiger partial charge in [0.1, 0.15) is 5.60 Å². The van der Waals surface area contributed by atoms with Crippen LogP contribution >= 0.6 is 0 Å². The Morgan fingerprint density at radius 2 is 2.00 bits per heavy atom. The van der Waals surface area contributed by atoms with Gasteiger partial charge in [-0.15, -0.1) is 0 Å². The number of likely N-dealkylation sites (tertiary alicyclic amines) is 1. The predicted molar refractivity (Wildman–Crippen MR) is 94.6 cm³/mol. The quantitative estimate of drug-likeness (QED) is 0.835. The number of methoxy groups -OCH3 is 1. The van der Waals surface area contributed by atoms with Crippen LogP contribution in [-0.2, 0) is 9.47 Å². The van der Waals surface area contributed by atoms with E-state index in [2.05, 4.69) is 4.98 Å². The first-order valence-electron chi connectivity index (χ1n) is 8.49. The zero-order chi connectivity index (χ0) is 18.2. The minimum atomic E-state index is -0.514. The number of rotatable bonds is 2. The van der Waals surface area contributed by atoms with Crippen molar-refractivity contribution in [3.63, 3.8) is 0 Å². The molecule has 0 saturated carbocycles. The van der Waals surface area contributed by atoms with Gasteiger partial charge in [0.15, 0.2) is 0 Å². The Kier molecular flexibility index (Phi) is 4.45. The maximum absolute atomic E-state index is 12.5. The molecule has 1 aliphatic rings. The SMILES string of the molecule is COC(=O)c1ccc2cc(C3CCCN3C(=O)OC(C)(C)C)[nH]c2c1. The highest BCUT2D eigenvalue weighted by molar-refractivity contribution is 5.94. The number of fused-ring (bicyclic) bond motifs is 1. The van der Waals surface area contributed by atoms with Crippen LogP contribution in [0.25, 0.3) is 10.9 Å². The molecule has 0 bridgehead atoms. The van der Waals surface area contributed by atoms with Crippen molar-refractivity contribution in [2.24, 2.45) is 0 Å². The monoisotopic (exact) mass is 344 g/mol. The van der Waals surface area contributed by atoms with Gasteiger partial charge in [-0.3, -0.25) is 4.90 Å². The van der Waals surface area contributed by atoms with Gasteiger partial charge in [-0.05, 0) is 57.2 Å². The highest BCUT2D eigenvalue weighted by Gasteiger charge is 2.34. The van der Waals surface area contributed by atoms with Crippen LogP contribution in [0, 0.1) is 0 Å². The molecule has 2 aromatic rings. The summed E-state index contributed by atoms with van der Waals surface area (Å²) in [6, 6.07) is 7.39. The molecule has 1 aromatic carbocycles. The number of amides is 1. The van der Waals surface area contributed by atoms with Gasteiger partial charge >= 0.3 is 12.1 Å². The van der Waals surface area contributed by atoms with E-state index in [4.69, 9.17) is 9.47 Å². The molecule has 0 spiro atoms. The minimum Gasteiger partial charge on any atom is -0.465 e. The molecule has 6 heteroatoms. The van der Waals surface area contributed by atoms with Gasteiger partial charge < -0.3 is 14.5 Å². The largest absolute Gasteiger partial charge is 0.465 e. The number of hydrogen-bond acceptors (Lipinski definition) is 4. The van der Waals surface area contributed by atoms with E-state index in [1.165, 1.54) is 7.11 Å². The number of H-pyrrole nitrogens is 1. The fourth-order valence-corrected chi connectivity index (χ4v) is 3.20. The Morgan fingerprint density at radius 1 is 1.24 bits per heavy atom. The van der Waals surface area contributed by atoms with Crippen LogP contribution < -0.4 is 0 Å². The molecule has 1 aromatic heterocycles. The van der Waals surface area contributed by atoms with Crippen LogP contribution in [0.15, 0.2) is 24.3 Å². The molecule has 3 rings (SSSR count). The van der Waals surface area contributed by atoms with Gasteiger partial charge in [0.2, 0.25) is 0 Å². The van der Waals surface area contributed by atoms with Crippen LogP contribution in [0.3, 0.4) is 0 Å². The van der Waals surface area contributed by atoms with E-state index in [0.29, 0.717) is 12.1 Å². The number of hydrogen-bond donors (Lipinski definition) is 1. The second-order valence-corrected chi connectivity index (χ2v) is 7.35. The van der Waals surface area contributed by atoms with Gasteiger partial charge in [0.05, 0.1) is 18.7 Å². The summed E-state index contributed by atoms with van der Waals surface area (Å²) in [6.07, 6.45) is 1.53. The number of nitrogens with zero attached hydrogens (tertiary/aromatic N) is 1. The van der Waals surface area contributed by atoms with Crippen LogP contribution in [-0.4, -0.2) is 41.2 Å². The van der Waals surface area contributed by atoms with Crippen molar-refractivity contribution in [1.82, 2.24) is 9.88 Å². The van der Waals surface area contributed by atoms with Gasteiger partial charge in [0, 0.05) is 17.8 Å². The van der Waals surface area contributed by atoms with Crippen molar-refractivity contribution in [2.75, 3.05) is 13.7 Å². The minimum absolute atomic E-state index is 0.0381. The second kappa shape index (κ2) is 6.43. The van der Waals surface area contributed by atoms with E-state index >= 15 is 0 Å². The zero-order valence-corrected chi connectivity index (χ0v) is 15.1. The Labute approximate surface area is 147 Å². The van der Waals surface area contributed by atoms with Crippen LogP contribution in [0.4, 0.5) is 4.79 Å². The van der Waals surface area contributed by atoms with Crippen molar-refractivity contribution in [2.45, 2.75) is 45.3 Å². The molecular weight excluding hydrogens is 320 g/mol. The van der Waals surface area contributed by atoms with Gasteiger partial charge in [-0.2, -0.15) is 0 Å². The maximum Gasteiger partial charge on any atom is 0.410 e. The number of nitrogens with one attached hydrogen (secondary N) is 1. The smallest absolute Gasteiger partial charge is 0.410 e. The lowest BCUT2D eigenvalue weighted by molar-refractivity contribution is 0.0221. The lowest BCUT2D eigenvalue weighted by Gasteiger charge is -2.28. The fourth-order valence-electron chi connectivity index (χ4n) is 3.20. The summed E-state index contributed by atoms with van der Waals surface area (Å²) < 4.78 is 10.3. The summed E-state index contributed by atoms with van der Waals surface area (Å²) >= 11 is 0. The molecule has 134 valence electrons. The second-order valence-electron chi connectivity index (χ2n) is 7.35. The van der Waals surface area contributed by atoms with E-state index in [-0.39, 0.29) is 18.1 Å². The van der Waals surface area contributed by atoms with Crippen molar-refractivity contribution in [3.05, 3.63) is 35.5 Å². The fraction of sp³-hybridized carbons (Fsp3) is 0.474. The van der Waals surface area contributed by atoms with Crippen LogP contribution in [0.1, 0.15) is 55.7 Å². The first-order valence-corrected chi connectivity index (χ1v) is 8.49. The van der Waals surface area contributed by atoms with E-state index in [1.54, 1.807) is 17.0 Å². The summed E-state index contributed by atoms with van der Waals surface area (Å²) in [4.78, 5) is 29.3. The number of carbonyl (C=O) groups excluding carboxylic acids is 2. The standard InChI is InChI=1S/C19H24N2O4/c1-19(2,3)25-18(23)21-9-5-6-16(21)15-10-12-7-8-13(17(22)24-4)11-14(12)20-15/h7-8,10-11,16,20H,5-6,9H2,1-4H3. The first-order chi connectivity index (χ1) is 11.8. The van der Waals surface area contributed by atoms with E-state index in [9.17, 15) is 9.59 Å². The Hall–Kier alpha value is -2.50. The maximum atomic E-state index is 12.5. The highest BCUT2D eigenvalue weighted by Crippen LogP contribution is 2.34. The van der Waals surface area contributed by atoms with Crippen molar-refractivity contribution >= 4 is 23.0 Å². The number of aromatic nitrogens is 1. The third-order valence-electron chi connectivity index (χ3n) is 4.30. The summed E-state index contributed by atoms with van der Waals surface area (Å²) in [7, 11) is 1.36.